The lowest BCUT2D eigenvalue weighted by Crippen LogP contribution is -2.45. The summed E-state index contributed by atoms with van der Waals surface area (Å²) in [6.45, 7) is 13.1. The summed E-state index contributed by atoms with van der Waals surface area (Å²) in [6, 6.07) is 3.88. The van der Waals surface area contributed by atoms with Crippen LogP contribution in [0.2, 0.25) is 0 Å². The van der Waals surface area contributed by atoms with E-state index >= 15 is 0 Å². The highest BCUT2D eigenvalue weighted by atomic mass is 127. The van der Waals surface area contributed by atoms with Gasteiger partial charge >= 0.3 is 0 Å². The third-order valence-corrected chi connectivity index (χ3v) is 3.59. The highest BCUT2D eigenvalue weighted by Crippen LogP contribution is 2.21. The van der Waals surface area contributed by atoms with E-state index in [0.29, 0.717) is 25.6 Å². The maximum atomic E-state index is 5.58. The predicted octanol–water partition coefficient (Wildman–Crippen LogP) is 3.21. The Morgan fingerprint density at radius 1 is 1.28 bits per heavy atom. The summed E-state index contributed by atoms with van der Waals surface area (Å²) >= 11 is 0. The van der Waals surface area contributed by atoms with Crippen molar-refractivity contribution in [3.63, 3.8) is 0 Å². The van der Waals surface area contributed by atoms with Crippen LogP contribution in [-0.4, -0.2) is 43.9 Å². The number of methoxy groups -OCH3 is 1. The maximum absolute atomic E-state index is 5.58. The van der Waals surface area contributed by atoms with Crippen LogP contribution < -0.4 is 15.4 Å². The van der Waals surface area contributed by atoms with E-state index < -0.39 is 0 Å². The SMILES string of the molecule is CCNC(=NCc1cccnc1OCC)NCC(OC)C(C)(C)C.I. The molecule has 7 heteroatoms. The van der Waals surface area contributed by atoms with Crippen molar-refractivity contribution >= 4 is 29.9 Å². The van der Waals surface area contributed by atoms with Gasteiger partial charge in [-0.25, -0.2) is 9.98 Å². The molecule has 0 aliphatic rings. The van der Waals surface area contributed by atoms with E-state index in [-0.39, 0.29) is 35.5 Å². The second-order valence-corrected chi connectivity index (χ2v) is 6.57. The van der Waals surface area contributed by atoms with Crippen LogP contribution >= 0.6 is 24.0 Å². The van der Waals surface area contributed by atoms with Gasteiger partial charge in [-0.15, -0.1) is 24.0 Å². The summed E-state index contributed by atoms with van der Waals surface area (Å²) in [5.74, 6) is 1.40. The molecule has 1 aromatic heterocycles. The molecule has 0 aliphatic heterocycles. The first-order valence-corrected chi connectivity index (χ1v) is 8.54. The molecule has 1 unspecified atom stereocenters. The van der Waals surface area contributed by atoms with Crippen LogP contribution in [0.5, 0.6) is 5.88 Å². The molecular weight excluding hydrogens is 431 g/mol. The Morgan fingerprint density at radius 3 is 2.56 bits per heavy atom. The van der Waals surface area contributed by atoms with Gasteiger partial charge in [-0.3, -0.25) is 0 Å². The third kappa shape index (κ3) is 8.71. The quantitative estimate of drug-likeness (QED) is 0.352. The molecule has 144 valence electrons. The molecule has 25 heavy (non-hydrogen) atoms. The number of rotatable bonds is 8. The summed E-state index contributed by atoms with van der Waals surface area (Å²) in [5.41, 5.74) is 1.03. The lowest BCUT2D eigenvalue weighted by atomic mass is 9.89. The van der Waals surface area contributed by atoms with Gasteiger partial charge in [0.1, 0.15) is 0 Å². The minimum atomic E-state index is 0. The van der Waals surface area contributed by atoms with E-state index in [1.54, 1.807) is 13.3 Å². The molecule has 1 heterocycles. The standard InChI is InChI=1S/C18H32N4O2.HI/c1-7-19-17(22-13-15(23-6)18(3,4)5)21-12-14-10-9-11-20-16(14)24-8-2;/h9-11,15H,7-8,12-13H2,1-6H3,(H2,19,21,22);1H. The second-order valence-electron chi connectivity index (χ2n) is 6.57. The van der Waals surface area contributed by atoms with Gasteiger partial charge in [0.25, 0.3) is 0 Å². The Kier molecular flexibility index (Phi) is 11.8. The highest BCUT2D eigenvalue weighted by molar-refractivity contribution is 14.0. The Balaban J connectivity index is 0.00000576. The maximum Gasteiger partial charge on any atom is 0.218 e. The Labute approximate surface area is 169 Å². The van der Waals surface area contributed by atoms with Crippen molar-refractivity contribution in [2.24, 2.45) is 10.4 Å². The lowest BCUT2D eigenvalue weighted by Gasteiger charge is -2.30. The van der Waals surface area contributed by atoms with Gasteiger partial charge in [0.15, 0.2) is 5.96 Å². The summed E-state index contributed by atoms with van der Waals surface area (Å²) in [6.07, 6.45) is 1.83. The van der Waals surface area contributed by atoms with E-state index in [2.05, 4.69) is 41.4 Å². The molecule has 0 radical (unpaired) electrons. The smallest absolute Gasteiger partial charge is 0.218 e. The molecule has 0 fully saturated rings. The Bertz CT molecular complexity index is 518. The van der Waals surface area contributed by atoms with Gasteiger partial charge in [-0.1, -0.05) is 26.8 Å². The van der Waals surface area contributed by atoms with Crippen molar-refractivity contribution in [3.8, 4) is 5.88 Å². The van der Waals surface area contributed by atoms with Crippen LogP contribution in [0, 0.1) is 5.41 Å². The van der Waals surface area contributed by atoms with Crippen molar-refractivity contribution in [3.05, 3.63) is 23.9 Å². The zero-order valence-corrected chi connectivity index (χ0v) is 18.6. The van der Waals surface area contributed by atoms with Crippen LogP contribution in [0.3, 0.4) is 0 Å². The second kappa shape index (κ2) is 12.3. The van der Waals surface area contributed by atoms with E-state index in [4.69, 9.17) is 9.47 Å². The van der Waals surface area contributed by atoms with Crippen molar-refractivity contribution in [2.45, 2.75) is 47.3 Å². The van der Waals surface area contributed by atoms with E-state index in [1.807, 2.05) is 26.0 Å². The topological polar surface area (TPSA) is 67.8 Å². The summed E-state index contributed by atoms with van der Waals surface area (Å²) in [7, 11) is 1.74. The van der Waals surface area contributed by atoms with Crippen molar-refractivity contribution < 1.29 is 9.47 Å². The fourth-order valence-corrected chi connectivity index (χ4v) is 2.25. The van der Waals surface area contributed by atoms with Gasteiger partial charge in [-0.05, 0) is 25.3 Å². The molecule has 1 aromatic rings. The highest BCUT2D eigenvalue weighted by Gasteiger charge is 2.24. The first kappa shape index (κ1) is 23.9. The third-order valence-electron chi connectivity index (χ3n) is 3.59. The van der Waals surface area contributed by atoms with Crippen LogP contribution in [0.25, 0.3) is 0 Å². The largest absolute Gasteiger partial charge is 0.478 e. The summed E-state index contributed by atoms with van der Waals surface area (Å²) in [5, 5.41) is 6.61. The van der Waals surface area contributed by atoms with E-state index in [1.165, 1.54) is 0 Å². The molecular formula is C18H33IN4O2. The van der Waals surface area contributed by atoms with Crippen LogP contribution in [0.15, 0.2) is 23.3 Å². The monoisotopic (exact) mass is 464 g/mol. The Morgan fingerprint density at radius 2 is 2.00 bits per heavy atom. The van der Waals surface area contributed by atoms with Crippen LogP contribution in [-0.2, 0) is 11.3 Å². The predicted molar refractivity (Wildman–Crippen MR) is 114 cm³/mol. The molecule has 0 amide bonds. The number of hydrogen-bond acceptors (Lipinski definition) is 4. The molecule has 1 rings (SSSR count). The average Bonchev–Trinajstić information content (AvgIpc) is 2.53. The van der Waals surface area contributed by atoms with Gasteiger partial charge in [0, 0.05) is 32.0 Å². The minimum Gasteiger partial charge on any atom is -0.478 e. The van der Waals surface area contributed by atoms with Crippen molar-refractivity contribution in [2.75, 3.05) is 26.8 Å². The first-order valence-electron chi connectivity index (χ1n) is 8.54. The number of ether oxygens (including phenoxy) is 2. The Hall–Kier alpha value is -1.09. The number of aromatic nitrogens is 1. The molecule has 1 atom stereocenters. The molecule has 0 saturated carbocycles. The van der Waals surface area contributed by atoms with Crippen LogP contribution in [0.4, 0.5) is 0 Å². The molecule has 0 aromatic carbocycles. The first-order chi connectivity index (χ1) is 11.4. The molecule has 2 N–H and O–H groups in total. The molecule has 0 aliphatic carbocycles. The zero-order chi connectivity index (χ0) is 18.0. The fourth-order valence-electron chi connectivity index (χ4n) is 2.25. The number of guanidine groups is 1. The number of halogens is 1. The van der Waals surface area contributed by atoms with Crippen molar-refractivity contribution in [1.29, 1.82) is 0 Å². The molecule has 0 saturated heterocycles. The van der Waals surface area contributed by atoms with E-state index in [0.717, 1.165) is 18.1 Å². The number of hydrogen-bond donors (Lipinski definition) is 2. The number of pyridine rings is 1. The molecule has 0 spiro atoms. The molecule has 6 nitrogen and oxygen atoms in total. The van der Waals surface area contributed by atoms with Crippen molar-refractivity contribution in [1.82, 2.24) is 15.6 Å². The summed E-state index contributed by atoms with van der Waals surface area (Å²) in [4.78, 5) is 8.89. The van der Waals surface area contributed by atoms with E-state index in [9.17, 15) is 0 Å². The minimum absolute atomic E-state index is 0. The van der Waals surface area contributed by atoms with Gasteiger partial charge in [0.05, 0.1) is 19.3 Å². The van der Waals surface area contributed by atoms with Crippen LogP contribution in [0.1, 0.15) is 40.2 Å². The lowest BCUT2D eigenvalue weighted by molar-refractivity contribution is 0.0205. The fraction of sp³-hybridized carbons (Fsp3) is 0.667. The zero-order valence-electron chi connectivity index (χ0n) is 16.3. The number of nitrogens with one attached hydrogen (secondary N) is 2. The normalized spacial score (nSPS) is 13.0. The van der Waals surface area contributed by atoms with Gasteiger partial charge in [0.2, 0.25) is 5.88 Å². The number of aliphatic imine (C=N–C) groups is 1. The summed E-state index contributed by atoms with van der Waals surface area (Å²) < 4.78 is 11.1. The van der Waals surface area contributed by atoms with Gasteiger partial charge in [-0.2, -0.15) is 0 Å². The van der Waals surface area contributed by atoms with Gasteiger partial charge < -0.3 is 20.1 Å². The number of nitrogens with zero attached hydrogens (tertiary/aromatic N) is 2. The molecule has 0 bridgehead atoms. The average molecular weight is 464 g/mol.